The van der Waals surface area contributed by atoms with Crippen molar-refractivity contribution in [3.63, 3.8) is 0 Å². The molecule has 6 nitrogen and oxygen atoms in total. The van der Waals surface area contributed by atoms with Crippen molar-refractivity contribution < 1.29 is 12.9 Å². The maximum absolute atomic E-state index is 13.3. The van der Waals surface area contributed by atoms with E-state index in [2.05, 4.69) is 10.1 Å². The molecule has 142 valence electrons. The van der Waals surface area contributed by atoms with Gasteiger partial charge in [0.15, 0.2) is 5.82 Å². The Morgan fingerprint density at radius 1 is 1.04 bits per heavy atom. The van der Waals surface area contributed by atoms with Gasteiger partial charge in [-0.1, -0.05) is 56.3 Å². The molecule has 7 heteroatoms. The summed E-state index contributed by atoms with van der Waals surface area (Å²) in [4.78, 5) is 4.62. The third-order valence-corrected chi connectivity index (χ3v) is 5.79. The molecule has 0 N–H and O–H groups in total. The number of hydrogen-bond acceptors (Lipinski definition) is 5. The molecule has 0 aliphatic heterocycles. The lowest BCUT2D eigenvalue weighted by atomic mass is 9.97. The van der Waals surface area contributed by atoms with Gasteiger partial charge in [-0.2, -0.15) is 4.98 Å². The van der Waals surface area contributed by atoms with E-state index in [1.807, 2.05) is 39.8 Å². The molecule has 0 amide bonds. The molecular weight excluding hydrogens is 362 g/mol. The van der Waals surface area contributed by atoms with Crippen LogP contribution in [0.2, 0.25) is 0 Å². The van der Waals surface area contributed by atoms with Gasteiger partial charge in [0.05, 0.1) is 17.1 Å². The number of benzene rings is 2. The molecule has 0 spiro atoms. The number of aromatic nitrogens is 2. The molecular formula is C20H23N3O3S. The van der Waals surface area contributed by atoms with E-state index in [-0.39, 0.29) is 16.9 Å². The average molecular weight is 385 g/mol. The van der Waals surface area contributed by atoms with E-state index in [0.29, 0.717) is 17.4 Å². The number of aryl methyl sites for hydroxylation is 1. The number of sulfonamides is 1. The van der Waals surface area contributed by atoms with Crippen LogP contribution in [-0.4, -0.2) is 18.6 Å². The molecule has 0 aliphatic rings. The highest BCUT2D eigenvalue weighted by Gasteiger charge is 2.28. The highest BCUT2D eigenvalue weighted by atomic mass is 32.2. The molecule has 1 heterocycles. The van der Waals surface area contributed by atoms with Crippen molar-refractivity contribution in [2.45, 2.75) is 44.6 Å². The normalized spacial score (nSPS) is 12.1. The molecule has 3 aromatic rings. The summed E-state index contributed by atoms with van der Waals surface area (Å²) in [6.07, 6.45) is 0. The largest absolute Gasteiger partial charge is 0.339 e. The lowest BCUT2D eigenvalue weighted by Gasteiger charge is -2.23. The van der Waals surface area contributed by atoms with Crippen LogP contribution in [0, 0.1) is 6.92 Å². The summed E-state index contributed by atoms with van der Waals surface area (Å²) in [5, 5.41) is 3.98. The fourth-order valence-electron chi connectivity index (χ4n) is 2.56. The number of hydrogen-bond donors (Lipinski definition) is 0. The van der Waals surface area contributed by atoms with Gasteiger partial charge in [-0.05, 0) is 36.8 Å². The van der Waals surface area contributed by atoms with Crippen LogP contribution in [0.3, 0.4) is 0 Å². The van der Waals surface area contributed by atoms with Crippen molar-refractivity contribution in [2.75, 3.05) is 4.31 Å². The minimum Gasteiger partial charge on any atom is -0.339 e. The monoisotopic (exact) mass is 385 g/mol. The van der Waals surface area contributed by atoms with E-state index in [1.165, 1.54) is 4.31 Å². The van der Waals surface area contributed by atoms with E-state index >= 15 is 0 Å². The second kappa shape index (κ2) is 7.15. The van der Waals surface area contributed by atoms with E-state index in [1.54, 1.807) is 42.5 Å². The predicted molar refractivity (Wildman–Crippen MR) is 104 cm³/mol. The zero-order valence-electron chi connectivity index (χ0n) is 15.9. The number of nitrogens with zero attached hydrogens (tertiary/aromatic N) is 3. The lowest BCUT2D eigenvalue weighted by Crippen LogP contribution is -2.31. The fourth-order valence-corrected chi connectivity index (χ4v) is 4.09. The molecule has 0 unspecified atom stereocenters. The first kappa shape index (κ1) is 19.1. The van der Waals surface area contributed by atoms with Crippen LogP contribution in [0.1, 0.15) is 38.0 Å². The SMILES string of the molecule is Cc1cccc(S(=O)(=O)N(Cc2noc(C(C)(C)C)n2)c2ccccc2)c1. The zero-order chi connectivity index (χ0) is 19.7. The Labute approximate surface area is 159 Å². The maximum atomic E-state index is 13.3. The number of anilines is 1. The molecule has 2 aromatic carbocycles. The summed E-state index contributed by atoms with van der Waals surface area (Å²) < 4.78 is 33.3. The van der Waals surface area contributed by atoms with Gasteiger partial charge in [0.2, 0.25) is 5.89 Å². The maximum Gasteiger partial charge on any atom is 0.264 e. The van der Waals surface area contributed by atoms with Gasteiger partial charge in [-0.25, -0.2) is 8.42 Å². The van der Waals surface area contributed by atoms with Gasteiger partial charge in [-0.3, -0.25) is 4.31 Å². The van der Waals surface area contributed by atoms with Crippen LogP contribution in [0.5, 0.6) is 0 Å². The van der Waals surface area contributed by atoms with Crippen molar-refractivity contribution in [3.05, 3.63) is 71.9 Å². The van der Waals surface area contributed by atoms with Crippen LogP contribution in [0.25, 0.3) is 0 Å². The Bertz CT molecular complexity index is 1020. The average Bonchev–Trinajstić information content (AvgIpc) is 3.09. The Morgan fingerprint density at radius 3 is 2.33 bits per heavy atom. The van der Waals surface area contributed by atoms with E-state index in [4.69, 9.17) is 4.52 Å². The van der Waals surface area contributed by atoms with Gasteiger partial charge in [-0.15, -0.1) is 0 Å². The van der Waals surface area contributed by atoms with Gasteiger partial charge in [0.25, 0.3) is 10.0 Å². The zero-order valence-corrected chi connectivity index (χ0v) is 16.7. The Balaban J connectivity index is 2.03. The molecule has 0 bridgehead atoms. The summed E-state index contributed by atoms with van der Waals surface area (Å²) in [6, 6.07) is 15.8. The van der Waals surface area contributed by atoms with Crippen molar-refractivity contribution in [1.82, 2.24) is 10.1 Å². The molecule has 0 saturated heterocycles. The van der Waals surface area contributed by atoms with Gasteiger partial charge in [0.1, 0.15) is 0 Å². The van der Waals surface area contributed by atoms with Crippen molar-refractivity contribution in [2.24, 2.45) is 0 Å². The summed E-state index contributed by atoms with van der Waals surface area (Å²) in [6.45, 7) is 7.73. The molecule has 0 radical (unpaired) electrons. The first-order valence-corrected chi connectivity index (χ1v) is 10.1. The number of rotatable bonds is 5. The summed E-state index contributed by atoms with van der Waals surface area (Å²) in [5.41, 5.74) is 1.11. The molecule has 1 aromatic heterocycles. The number of para-hydroxylation sites is 1. The van der Waals surface area contributed by atoms with Crippen molar-refractivity contribution in [1.29, 1.82) is 0 Å². The minimum absolute atomic E-state index is 0.0140. The van der Waals surface area contributed by atoms with Gasteiger partial charge >= 0.3 is 0 Å². The highest BCUT2D eigenvalue weighted by molar-refractivity contribution is 7.92. The van der Waals surface area contributed by atoms with Crippen LogP contribution in [0.4, 0.5) is 5.69 Å². The molecule has 0 aliphatic carbocycles. The molecule has 27 heavy (non-hydrogen) atoms. The van der Waals surface area contributed by atoms with E-state index in [0.717, 1.165) is 5.56 Å². The fraction of sp³-hybridized carbons (Fsp3) is 0.300. The van der Waals surface area contributed by atoms with Crippen molar-refractivity contribution in [3.8, 4) is 0 Å². The second-order valence-electron chi connectivity index (χ2n) is 7.43. The first-order chi connectivity index (χ1) is 12.7. The van der Waals surface area contributed by atoms with Crippen LogP contribution in [-0.2, 0) is 22.0 Å². The third kappa shape index (κ3) is 4.19. The van der Waals surface area contributed by atoms with Crippen LogP contribution < -0.4 is 4.31 Å². The standard InChI is InChI=1S/C20H23N3O3S/c1-15-9-8-12-17(13-15)27(24,25)23(16-10-6-5-7-11-16)14-18-21-19(26-22-18)20(2,3)4/h5-13H,14H2,1-4H3. The minimum atomic E-state index is -3.79. The predicted octanol–water partition coefficient (Wildman–Crippen LogP) is 4.07. The van der Waals surface area contributed by atoms with Crippen LogP contribution >= 0.6 is 0 Å². The van der Waals surface area contributed by atoms with E-state index < -0.39 is 10.0 Å². The Hall–Kier alpha value is -2.67. The van der Waals surface area contributed by atoms with Crippen molar-refractivity contribution >= 4 is 15.7 Å². The second-order valence-corrected chi connectivity index (χ2v) is 9.29. The molecule has 0 fully saturated rings. The Morgan fingerprint density at radius 2 is 1.74 bits per heavy atom. The quantitative estimate of drug-likeness (QED) is 0.662. The molecule has 0 atom stereocenters. The topological polar surface area (TPSA) is 76.3 Å². The van der Waals surface area contributed by atoms with Crippen LogP contribution in [0.15, 0.2) is 64.0 Å². The third-order valence-electron chi connectivity index (χ3n) is 4.02. The smallest absolute Gasteiger partial charge is 0.264 e. The molecule has 0 saturated carbocycles. The van der Waals surface area contributed by atoms with Gasteiger partial charge in [0, 0.05) is 5.41 Å². The highest BCUT2D eigenvalue weighted by Crippen LogP contribution is 2.27. The lowest BCUT2D eigenvalue weighted by molar-refractivity contribution is 0.318. The summed E-state index contributed by atoms with van der Waals surface area (Å²) >= 11 is 0. The first-order valence-electron chi connectivity index (χ1n) is 8.65. The van der Waals surface area contributed by atoms with Gasteiger partial charge < -0.3 is 4.52 Å². The van der Waals surface area contributed by atoms with E-state index in [9.17, 15) is 8.42 Å². The summed E-state index contributed by atoms with van der Waals surface area (Å²) in [7, 11) is -3.79. The molecule has 3 rings (SSSR count). The Kier molecular flexibility index (Phi) is 5.06. The summed E-state index contributed by atoms with van der Waals surface area (Å²) in [5.74, 6) is 0.790.